The number of hydrogen-bond acceptors (Lipinski definition) is 2. The lowest BCUT2D eigenvalue weighted by molar-refractivity contribution is 0.0800. The Hall–Kier alpha value is -0.340. The topological polar surface area (TPSA) is 15.3 Å². The fourth-order valence-electron chi connectivity index (χ4n) is 3.71. The molecule has 2 heteroatoms. The van der Waals surface area contributed by atoms with E-state index in [0.29, 0.717) is 5.54 Å². The highest BCUT2D eigenvalue weighted by atomic mass is 15.3. The zero-order valence-electron chi connectivity index (χ0n) is 10.3. The summed E-state index contributed by atoms with van der Waals surface area (Å²) in [5.41, 5.74) is 0.467. The second kappa shape index (κ2) is 4.15. The molecule has 2 aliphatic carbocycles. The van der Waals surface area contributed by atoms with Crippen LogP contribution in [0.25, 0.3) is 0 Å². The van der Waals surface area contributed by atoms with E-state index in [1.54, 1.807) is 0 Å². The van der Waals surface area contributed by atoms with Crippen molar-refractivity contribution in [2.24, 2.45) is 5.92 Å². The van der Waals surface area contributed by atoms with Gasteiger partial charge in [0.05, 0.1) is 0 Å². The Balaban J connectivity index is 1.69. The second-order valence-corrected chi connectivity index (χ2v) is 5.99. The maximum atomic E-state index is 3.92. The summed E-state index contributed by atoms with van der Waals surface area (Å²) in [7, 11) is 0. The van der Waals surface area contributed by atoms with Crippen molar-refractivity contribution in [2.75, 3.05) is 19.6 Å². The van der Waals surface area contributed by atoms with Crippen molar-refractivity contribution in [1.82, 2.24) is 10.2 Å². The Labute approximate surface area is 99.1 Å². The SMILES string of the molecule is C=CCN1CC2(CCCC2)NCC1C1CC1. The molecule has 1 atom stereocenters. The molecule has 16 heavy (non-hydrogen) atoms. The molecule has 0 aromatic rings. The minimum atomic E-state index is 0.467. The normalized spacial score (nSPS) is 34.4. The molecule has 0 bridgehead atoms. The third kappa shape index (κ3) is 1.93. The van der Waals surface area contributed by atoms with Gasteiger partial charge in [-0.2, -0.15) is 0 Å². The van der Waals surface area contributed by atoms with Crippen molar-refractivity contribution in [2.45, 2.75) is 50.1 Å². The number of piperazine rings is 1. The molecule has 1 spiro atoms. The van der Waals surface area contributed by atoms with Crippen molar-refractivity contribution in [3.8, 4) is 0 Å². The van der Waals surface area contributed by atoms with E-state index in [2.05, 4.69) is 22.9 Å². The molecule has 3 rings (SSSR count). The fourth-order valence-corrected chi connectivity index (χ4v) is 3.71. The van der Waals surface area contributed by atoms with Gasteiger partial charge in [0.25, 0.3) is 0 Å². The van der Waals surface area contributed by atoms with E-state index in [4.69, 9.17) is 0 Å². The molecule has 3 aliphatic rings. The van der Waals surface area contributed by atoms with Crippen LogP contribution in [0.4, 0.5) is 0 Å². The van der Waals surface area contributed by atoms with E-state index in [9.17, 15) is 0 Å². The van der Waals surface area contributed by atoms with Gasteiger partial charge in [-0.25, -0.2) is 0 Å². The molecule has 1 aliphatic heterocycles. The third-order valence-electron chi connectivity index (χ3n) is 4.75. The van der Waals surface area contributed by atoms with Crippen LogP contribution in [0.2, 0.25) is 0 Å². The third-order valence-corrected chi connectivity index (χ3v) is 4.75. The minimum absolute atomic E-state index is 0.467. The van der Waals surface area contributed by atoms with Crippen LogP contribution in [0.3, 0.4) is 0 Å². The molecule has 1 N–H and O–H groups in total. The molecule has 0 aromatic heterocycles. The van der Waals surface area contributed by atoms with Crippen LogP contribution in [0.5, 0.6) is 0 Å². The lowest BCUT2D eigenvalue weighted by Gasteiger charge is -2.46. The predicted molar refractivity (Wildman–Crippen MR) is 67.5 cm³/mol. The highest BCUT2D eigenvalue weighted by molar-refractivity contribution is 5.04. The second-order valence-electron chi connectivity index (χ2n) is 5.99. The summed E-state index contributed by atoms with van der Waals surface area (Å²) < 4.78 is 0. The number of nitrogens with zero attached hydrogens (tertiary/aromatic N) is 1. The summed E-state index contributed by atoms with van der Waals surface area (Å²) in [5, 5.41) is 3.88. The monoisotopic (exact) mass is 220 g/mol. The van der Waals surface area contributed by atoms with Gasteiger partial charge in [-0.15, -0.1) is 6.58 Å². The first kappa shape index (κ1) is 10.8. The number of hydrogen-bond donors (Lipinski definition) is 1. The Morgan fingerprint density at radius 1 is 1.31 bits per heavy atom. The average molecular weight is 220 g/mol. The van der Waals surface area contributed by atoms with Gasteiger partial charge >= 0.3 is 0 Å². The van der Waals surface area contributed by atoms with Gasteiger partial charge in [0, 0.05) is 31.2 Å². The number of nitrogens with one attached hydrogen (secondary N) is 1. The van der Waals surface area contributed by atoms with Gasteiger partial charge in [0.1, 0.15) is 0 Å². The van der Waals surface area contributed by atoms with Crippen molar-refractivity contribution in [3.63, 3.8) is 0 Å². The minimum Gasteiger partial charge on any atom is -0.308 e. The lowest BCUT2D eigenvalue weighted by atomic mass is 9.91. The highest BCUT2D eigenvalue weighted by Gasteiger charge is 2.44. The Morgan fingerprint density at radius 3 is 2.69 bits per heavy atom. The largest absolute Gasteiger partial charge is 0.308 e. The van der Waals surface area contributed by atoms with E-state index in [1.165, 1.54) is 51.6 Å². The van der Waals surface area contributed by atoms with Crippen LogP contribution in [-0.4, -0.2) is 36.1 Å². The zero-order chi connectivity index (χ0) is 11.0. The van der Waals surface area contributed by atoms with Crippen LogP contribution < -0.4 is 5.32 Å². The molecule has 1 heterocycles. The molecule has 1 unspecified atom stereocenters. The Bertz CT molecular complexity index is 264. The van der Waals surface area contributed by atoms with Gasteiger partial charge in [-0.05, 0) is 31.6 Å². The van der Waals surface area contributed by atoms with Gasteiger partial charge in [0.15, 0.2) is 0 Å². The highest BCUT2D eigenvalue weighted by Crippen LogP contribution is 2.40. The molecule has 0 radical (unpaired) electrons. The molecule has 1 saturated heterocycles. The lowest BCUT2D eigenvalue weighted by Crippen LogP contribution is -2.63. The first-order valence-electron chi connectivity index (χ1n) is 6.93. The first-order valence-corrected chi connectivity index (χ1v) is 6.93. The summed E-state index contributed by atoms with van der Waals surface area (Å²) in [6, 6.07) is 0.796. The molecular weight excluding hydrogens is 196 g/mol. The summed E-state index contributed by atoms with van der Waals surface area (Å²) in [6.45, 7) is 7.49. The first-order chi connectivity index (χ1) is 7.83. The molecule has 0 amide bonds. The van der Waals surface area contributed by atoms with E-state index in [1.807, 2.05) is 0 Å². The smallest absolute Gasteiger partial charge is 0.0309 e. The van der Waals surface area contributed by atoms with Crippen molar-refractivity contribution in [3.05, 3.63) is 12.7 Å². The van der Waals surface area contributed by atoms with Crippen molar-refractivity contribution >= 4 is 0 Å². The van der Waals surface area contributed by atoms with Gasteiger partial charge in [0.2, 0.25) is 0 Å². The maximum Gasteiger partial charge on any atom is 0.0309 e. The van der Waals surface area contributed by atoms with Crippen LogP contribution in [0.15, 0.2) is 12.7 Å². The summed E-state index contributed by atoms with van der Waals surface area (Å²) in [5.74, 6) is 0.978. The quantitative estimate of drug-likeness (QED) is 0.733. The predicted octanol–water partition coefficient (Wildman–Crippen LogP) is 2.17. The average Bonchev–Trinajstić information content (AvgIpc) is 3.02. The van der Waals surface area contributed by atoms with E-state index in [-0.39, 0.29) is 0 Å². The standard InChI is InChI=1S/C14H24N2/c1-2-9-16-11-14(7-3-4-8-14)15-10-13(16)12-5-6-12/h2,12-13,15H,1,3-11H2. The Kier molecular flexibility index (Phi) is 2.80. The fraction of sp³-hybridized carbons (Fsp3) is 0.857. The summed E-state index contributed by atoms with van der Waals surface area (Å²) in [6.07, 6.45) is 10.6. The van der Waals surface area contributed by atoms with E-state index >= 15 is 0 Å². The maximum absolute atomic E-state index is 3.92. The number of rotatable bonds is 3. The molecular formula is C14H24N2. The molecule has 90 valence electrons. The van der Waals surface area contributed by atoms with Crippen molar-refractivity contribution in [1.29, 1.82) is 0 Å². The van der Waals surface area contributed by atoms with Gasteiger partial charge < -0.3 is 5.32 Å². The van der Waals surface area contributed by atoms with Crippen LogP contribution in [-0.2, 0) is 0 Å². The van der Waals surface area contributed by atoms with E-state index in [0.717, 1.165) is 18.5 Å². The van der Waals surface area contributed by atoms with E-state index < -0.39 is 0 Å². The van der Waals surface area contributed by atoms with Crippen LogP contribution in [0, 0.1) is 5.92 Å². The summed E-state index contributed by atoms with van der Waals surface area (Å²) >= 11 is 0. The van der Waals surface area contributed by atoms with Crippen molar-refractivity contribution < 1.29 is 0 Å². The summed E-state index contributed by atoms with van der Waals surface area (Å²) in [4.78, 5) is 2.70. The molecule has 2 saturated carbocycles. The molecule has 2 nitrogen and oxygen atoms in total. The Morgan fingerprint density at radius 2 is 2.06 bits per heavy atom. The molecule has 3 fully saturated rings. The van der Waals surface area contributed by atoms with Gasteiger partial charge in [-0.3, -0.25) is 4.90 Å². The van der Waals surface area contributed by atoms with Crippen LogP contribution >= 0.6 is 0 Å². The van der Waals surface area contributed by atoms with Gasteiger partial charge in [-0.1, -0.05) is 18.9 Å². The molecule has 0 aromatic carbocycles. The zero-order valence-corrected chi connectivity index (χ0v) is 10.3. The van der Waals surface area contributed by atoms with Crippen LogP contribution in [0.1, 0.15) is 38.5 Å².